The first kappa shape index (κ1) is 30.8. The Morgan fingerprint density at radius 3 is 2.08 bits per heavy atom. The molecular weight excluding hydrogens is 529 g/mol. The zero-order valence-electron chi connectivity index (χ0n) is 23.9. The molecule has 0 saturated carbocycles. The molecule has 0 heterocycles. The molecule has 214 valence electrons. The number of amides is 2. The number of nitrogens with zero attached hydrogens (tertiary/aromatic N) is 2. The highest BCUT2D eigenvalue weighted by Gasteiger charge is 2.32. The van der Waals surface area contributed by atoms with Crippen molar-refractivity contribution in [1.29, 1.82) is 0 Å². The highest BCUT2D eigenvalue weighted by atomic mass is 32.2. The maximum atomic E-state index is 13.9. The fraction of sp³-hybridized carbons (Fsp3) is 0.355. The van der Waals surface area contributed by atoms with Crippen LogP contribution in [0, 0.1) is 32.5 Å². The van der Waals surface area contributed by atoms with Crippen LogP contribution in [0.15, 0.2) is 71.6 Å². The molecule has 0 aliphatic rings. The zero-order valence-corrected chi connectivity index (χ0v) is 24.8. The second-order valence-corrected chi connectivity index (χ2v) is 12.4. The Kier molecular flexibility index (Phi) is 10.1. The molecule has 3 rings (SSSR count). The highest BCUT2D eigenvalue weighted by Crippen LogP contribution is 2.27. The number of carbonyl (C=O) groups excluding carboxylic acids is 2. The summed E-state index contributed by atoms with van der Waals surface area (Å²) in [5.41, 5.74) is 3.71. The van der Waals surface area contributed by atoms with E-state index in [1.54, 1.807) is 43.3 Å². The third kappa shape index (κ3) is 7.69. The molecule has 0 fully saturated rings. The first-order valence-corrected chi connectivity index (χ1v) is 14.7. The molecule has 1 N–H and O–H groups in total. The van der Waals surface area contributed by atoms with Crippen LogP contribution < -0.4 is 9.62 Å². The fourth-order valence-electron chi connectivity index (χ4n) is 4.07. The van der Waals surface area contributed by atoms with E-state index in [2.05, 4.69) is 5.32 Å². The van der Waals surface area contributed by atoms with Gasteiger partial charge < -0.3 is 10.2 Å². The van der Waals surface area contributed by atoms with Crippen molar-refractivity contribution in [2.75, 3.05) is 17.4 Å². The summed E-state index contributed by atoms with van der Waals surface area (Å²) in [6.07, 6.45) is 0. The van der Waals surface area contributed by atoms with Crippen LogP contribution in [-0.2, 0) is 26.2 Å². The Labute approximate surface area is 237 Å². The summed E-state index contributed by atoms with van der Waals surface area (Å²) in [6, 6.07) is 16.4. The maximum Gasteiger partial charge on any atom is 0.264 e. The van der Waals surface area contributed by atoms with E-state index in [0.717, 1.165) is 21.0 Å². The smallest absolute Gasteiger partial charge is 0.264 e. The van der Waals surface area contributed by atoms with Crippen LogP contribution in [-0.4, -0.2) is 44.3 Å². The molecule has 1 unspecified atom stereocenters. The van der Waals surface area contributed by atoms with Gasteiger partial charge in [-0.1, -0.05) is 49.7 Å². The van der Waals surface area contributed by atoms with Gasteiger partial charge in [0.05, 0.1) is 10.6 Å². The molecule has 40 heavy (non-hydrogen) atoms. The molecule has 7 nitrogen and oxygen atoms in total. The van der Waals surface area contributed by atoms with Gasteiger partial charge in [0.15, 0.2) is 0 Å². The van der Waals surface area contributed by atoms with Crippen LogP contribution in [0.2, 0.25) is 0 Å². The van der Waals surface area contributed by atoms with Gasteiger partial charge >= 0.3 is 0 Å². The van der Waals surface area contributed by atoms with Gasteiger partial charge in [0.2, 0.25) is 11.8 Å². The number of rotatable bonds is 11. The SMILES string of the molecule is Cc1ccc(S(=O)(=O)N(CC(=O)N(Cc2ccc(F)cc2)C(C)C(=O)NCC(C)C)c2ccc(C)c(C)c2)cc1. The van der Waals surface area contributed by atoms with Crippen LogP contribution in [0.25, 0.3) is 0 Å². The van der Waals surface area contributed by atoms with E-state index >= 15 is 0 Å². The van der Waals surface area contributed by atoms with Gasteiger partial charge in [0.1, 0.15) is 18.4 Å². The van der Waals surface area contributed by atoms with Crippen molar-refractivity contribution in [2.45, 2.75) is 59.0 Å². The molecule has 2 amide bonds. The van der Waals surface area contributed by atoms with Gasteiger partial charge in [-0.2, -0.15) is 0 Å². The van der Waals surface area contributed by atoms with E-state index in [-0.39, 0.29) is 23.3 Å². The summed E-state index contributed by atoms with van der Waals surface area (Å²) in [6.45, 7) is 11.1. The van der Waals surface area contributed by atoms with Crippen LogP contribution in [0.3, 0.4) is 0 Å². The average molecular weight is 568 g/mol. The standard InChI is InChI=1S/C31H38FN3O4S/c1-21(2)18-33-31(37)25(6)34(19-26-10-12-27(32)13-11-26)30(36)20-35(28-14-9-23(4)24(5)17-28)40(38,39)29-15-7-22(3)8-16-29/h7-17,21,25H,18-20H2,1-6H3,(H,33,37). The van der Waals surface area contributed by atoms with E-state index in [1.165, 1.54) is 29.2 Å². The summed E-state index contributed by atoms with van der Waals surface area (Å²) in [7, 11) is -4.14. The van der Waals surface area contributed by atoms with Crippen molar-refractivity contribution in [3.05, 3.63) is 94.8 Å². The van der Waals surface area contributed by atoms with Crippen molar-refractivity contribution in [2.24, 2.45) is 5.92 Å². The number of benzene rings is 3. The Morgan fingerprint density at radius 1 is 0.875 bits per heavy atom. The summed E-state index contributed by atoms with van der Waals surface area (Å²) in [5, 5.41) is 2.85. The predicted molar refractivity (Wildman–Crippen MR) is 156 cm³/mol. The Balaban J connectivity index is 2.03. The van der Waals surface area contributed by atoms with Gasteiger partial charge in [0, 0.05) is 13.1 Å². The molecule has 0 radical (unpaired) electrons. The second kappa shape index (κ2) is 13.1. The monoisotopic (exact) mass is 567 g/mol. The fourth-order valence-corrected chi connectivity index (χ4v) is 5.47. The number of nitrogens with one attached hydrogen (secondary N) is 1. The summed E-state index contributed by atoms with van der Waals surface area (Å²) >= 11 is 0. The van der Waals surface area contributed by atoms with E-state index in [0.29, 0.717) is 17.8 Å². The average Bonchev–Trinajstić information content (AvgIpc) is 2.91. The van der Waals surface area contributed by atoms with Crippen molar-refractivity contribution in [1.82, 2.24) is 10.2 Å². The van der Waals surface area contributed by atoms with E-state index in [9.17, 15) is 22.4 Å². The molecule has 0 saturated heterocycles. The van der Waals surface area contributed by atoms with Gasteiger partial charge in [-0.15, -0.1) is 0 Å². The Bertz CT molecular complexity index is 1440. The summed E-state index contributed by atoms with van der Waals surface area (Å²) in [5.74, 6) is -1.14. The maximum absolute atomic E-state index is 13.9. The second-order valence-electron chi connectivity index (χ2n) is 10.6. The summed E-state index contributed by atoms with van der Waals surface area (Å²) < 4.78 is 42.5. The third-order valence-electron chi connectivity index (χ3n) is 6.78. The molecule has 0 aliphatic heterocycles. The number of aryl methyl sites for hydroxylation is 3. The number of hydrogen-bond donors (Lipinski definition) is 1. The zero-order chi connectivity index (χ0) is 29.6. The normalized spacial score (nSPS) is 12.2. The van der Waals surface area contributed by atoms with Gasteiger partial charge in [-0.25, -0.2) is 12.8 Å². The minimum Gasteiger partial charge on any atom is -0.354 e. The van der Waals surface area contributed by atoms with E-state index in [4.69, 9.17) is 0 Å². The lowest BCUT2D eigenvalue weighted by Crippen LogP contribution is -2.51. The lowest BCUT2D eigenvalue weighted by atomic mass is 10.1. The molecular formula is C31H38FN3O4S. The molecule has 0 bridgehead atoms. The Hall–Kier alpha value is -3.72. The van der Waals surface area contributed by atoms with E-state index < -0.39 is 34.3 Å². The number of halogens is 1. The van der Waals surface area contributed by atoms with Crippen molar-refractivity contribution >= 4 is 27.5 Å². The van der Waals surface area contributed by atoms with E-state index in [1.807, 2.05) is 40.7 Å². The molecule has 9 heteroatoms. The quantitative estimate of drug-likeness (QED) is 0.348. The van der Waals surface area contributed by atoms with Gasteiger partial charge in [-0.3, -0.25) is 13.9 Å². The van der Waals surface area contributed by atoms with Gasteiger partial charge in [-0.05, 0) is 86.7 Å². The largest absolute Gasteiger partial charge is 0.354 e. The van der Waals surface area contributed by atoms with Crippen molar-refractivity contribution < 1.29 is 22.4 Å². The van der Waals surface area contributed by atoms with Crippen LogP contribution >= 0.6 is 0 Å². The van der Waals surface area contributed by atoms with Crippen LogP contribution in [0.4, 0.5) is 10.1 Å². The number of sulfonamides is 1. The molecule has 3 aromatic rings. The van der Waals surface area contributed by atoms with Crippen molar-refractivity contribution in [3.8, 4) is 0 Å². The molecule has 0 aromatic heterocycles. The van der Waals surface area contributed by atoms with Gasteiger partial charge in [0.25, 0.3) is 10.0 Å². The Morgan fingerprint density at radius 2 is 1.50 bits per heavy atom. The minimum atomic E-state index is -4.14. The van der Waals surface area contributed by atoms with Crippen LogP contribution in [0.1, 0.15) is 43.0 Å². The molecule has 1 atom stereocenters. The first-order chi connectivity index (χ1) is 18.8. The summed E-state index contributed by atoms with van der Waals surface area (Å²) in [4.78, 5) is 28.3. The lowest BCUT2D eigenvalue weighted by Gasteiger charge is -2.32. The first-order valence-electron chi connectivity index (χ1n) is 13.3. The lowest BCUT2D eigenvalue weighted by molar-refractivity contribution is -0.139. The third-order valence-corrected chi connectivity index (χ3v) is 8.57. The number of hydrogen-bond acceptors (Lipinski definition) is 4. The number of carbonyl (C=O) groups is 2. The minimum absolute atomic E-state index is 0.000718. The highest BCUT2D eigenvalue weighted by molar-refractivity contribution is 7.92. The topological polar surface area (TPSA) is 86.8 Å². The molecule has 0 spiro atoms. The molecule has 3 aromatic carbocycles. The molecule has 0 aliphatic carbocycles. The van der Waals surface area contributed by atoms with Crippen molar-refractivity contribution in [3.63, 3.8) is 0 Å². The number of anilines is 1. The predicted octanol–water partition coefficient (Wildman–Crippen LogP) is 5.14. The van der Waals surface area contributed by atoms with Crippen LogP contribution in [0.5, 0.6) is 0 Å².